The van der Waals surface area contributed by atoms with Crippen LogP contribution in [-0.4, -0.2) is 14.5 Å². The smallest absolute Gasteiger partial charge is 0.0965 e. The lowest BCUT2D eigenvalue weighted by Crippen LogP contribution is -2.10. The minimum absolute atomic E-state index is 0.863. The van der Waals surface area contributed by atoms with Gasteiger partial charge in [-0.2, -0.15) is 0 Å². The van der Waals surface area contributed by atoms with Gasteiger partial charge in [0.25, 0.3) is 0 Å². The summed E-state index contributed by atoms with van der Waals surface area (Å²) in [5.41, 5.74) is 10.6. The van der Waals surface area contributed by atoms with Crippen molar-refractivity contribution in [3.8, 4) is 28.2 Å². The van der Waals surface area contributed by atoms with E-state index in [1.54, 1.807) is 12.4 Å². The van der Waals surface area contributed by atoms with Gasteiger partial charge in [-0.05, 0) is 60.0 Å². The summed E-state index contributed by atoms with van der Waals surface area (Å²) in [4.78, 5) is 11.9. The van der Waals surface area contributed by atoms with Gasteiger partial charge in [-0.3, -0.25) is 9.97 Å². The molecule has 0 bridgehead atoms. The Morgan fingerprint density at radius 1 is 0.417 bits per heavy atom. The summed E-state index contributed by atoms with van der Waals surface area (Å²) in [6.45, 7) is 0. The van der Waals surface area contributed by atoms with Gasteiger partial charge in [0.2, 0.25) is 0 Å². The van der Waals surface area contributed by atoms with Crippen LogP contribution in [0.25, 0.3) is 60.8 Å². The molecule has 0 amide bonds. The number of para-hydroxylation sites is 2. The van der Waals surface area contributed by atoms with Crippen LogP contribution in [0.4, 0.5) is 17.1 Å². The normalized spacial score (nSPS) is 11.3. The molecule has 226 valence electrons. The number of benzene rings is 7. The summed E-state index contributed by atoms with van der Waals surface area (Å²) in [7, 11) is 0. The molecule has 0 aliphatic rings. The van der Waals surface area contributed by atoms with E-state index >= 15 is 0 Å². The van der Waals surface area contributed by atoms with Crippen LogP contribution in [-0.2, 0) is 0 Å². The van der Waals surface area contributed by atoms with Gasteiger partial charge >= 0.3 is 0 Å². The van der Waals surface area contributed by atoms with Gasteiger partial charge in [-0.1, -0.05) is 115 Å². The van der Waals surface area contributed by atoms with Crippen molar-refractivity contribution in [1.29, 1.82) is 0 Å². The first-order valence-corrected chi connectivity index (χ1v) is 16.2. The highest BCUT2D eigenvalue weighted by atomic mass is 15.1. The zero-order chi connectivity index (χ0) is 31.9. The van der Waals surface area contributed by atoms with Crippen LogP contribution in [0, 0.1) is 0 Å². The first-order chi connectivity index (χ1) is 23.8. The van der Waals surface area contributed by atoms with Crippen LogP contribution in [0.3, 0.4) is 0 Å². The summed E-state index contributed by atoms with van der Waals surface area (Å²) in [5.74, 6) is 0. The zero-order valence-electron chi connectivity index (χ0n) is 26.1. The molecule has 4 heteroatoms. The van der Waals surface area contributed by atoms with E-state index in [4.69, 9.17) is 9.97 Å². The standard InChI is InChI=1S/C44H30N4/c1-3-13-32(14-4-1)43-44(46-29-28-45-43)33-22-24-35(25-23-33)47(40-21-11-15-31-12-7-8-18-37(31)40)36-26-27-42-39(30-36)38-19-9-10-20-41(38)48(42)34-16-5-2-6-17-34/h1-30H. The van der Waals surface area contributed by atoms with Gasteiger partial charge in [0, 0.05) is 56.7 Å². The highest BCUT2D eigenvalue weighted by Crippen LogP contribution is 2.42. The fourth-order valence-corrected chi connectivity index (χ4v) is 6.91. The van der Waals surface area contributed by atoms with Gasteiger partial charge < -0.3 is 9.47 Å². The lowest BCUT2D eigenvalue weighted by Gasteiger charge is -2.27. The van der Waals surface area contributed by atoms with E-state index in [1.807, 2.05) is 18.2 Å². The molecule has 0 unspecified atom stereocenters. The van der Waals surface area contributed by atoms with E-state index in [0.29, 0.717) is 0 Å². The van der Waals surface area contributed by atoms with Crippen molar-refractivity contribution in [2.75, 3.05) is 4.90 Å². The summed E-state index contributed by atoms with van der Waals surface area (Å²) in [6, 6.07) is 60.2. The Balaban J connectivity index is 1.23. The fraction of sp³-hybridized carbons (Fsp3) is 0. The predicted molar refractivity (Wildman–Crippen MR) is 199 cm³/mol. The highest BCUT2D eigenvalue weighted by Gasteiger charge is 2.19. The van der Waals surface area contributed by atoms with Gasteiger partial charge in [0.15, 0.2) is 0 Å². The molecule has 4 nitrogen and oxygen atoms in total. The summed E-state index contributed by atoms with van der Waals surface area (Å²) in [5, 5.41) is 4.82. The molecular weight excluding hydrogens is 585 g/mol. The molecular formula is C44H30N4. The van der Waals surface area contributed by atoms with Gasteiger partial charge in [-0.15, -0.1) is 0 Å². The first-order valence-electron chi connectivity index (χ1n) is 16.2. The van der Waals surface area contributed by atoms with Crippen molar-refractivity contribution in [2.45, 2.75) is 0 Å². The Labute approximate surface area is 278 Å². The van der Waals surface area contributed by atoms with Crippen molar-refractivity contribution in [1.82, 2.24) is 14.5 Å². The second kappa shape index (κ2) is 11.7. The summed E-state index contributed by atoms with van der Waals surface area (Å²) < 4.78 is 2.36. The number of hydrogen-bond donors (Lipinski definition) is 0. The molecule has 0 aliphatic carbocycles. The lowest BCUT2D eigenvalue weighted by atomic mass is 10.0. The fourth-order valence-electron chi connectivity index (χ4n) is 6.91. The molecule has 48 heavy (non-hydrogen) atoms. The molecule has 2 heterocycles. The second-order valence-corrected chi connectivity index (χ2v) is 11.9. The van der Waals surface area contributed by atoms with Gasteiger partial charge in [-0.25, -0.2) is 0 Å². The average molecular weight is 615 g/mol. The van der Waals surface area contributed by atoms with Crippen molar-refractivity contribution >= 4 is 49.6 Å². The van der Waals surface area contributed by atoms with E-state index < -0.39 is 0 Å². The molecule has 2 aromatic heterocycles. The maximum absolute atomic E-state index is 4.77. The van der Waals surface area contributed by atoms with E-state index in [1.165, 1.54) is 32.6 Å². The number of fused-ring (bicyclic) bond motifs is 4. The van der Waals surface area contributed by atoms with Gasteiger partial charge in [0.1, 0.15) is 0 Å². The van der Waals surface area contributed by atoms with Crippen LogP contribution < -0.4 is 4.90 Å². The Morgan fingerprint density at radius 2 is 1.00 bits per heavy atom. The highest BCUT2D eigenvalue weighted by molar-refractivity contribution is 6.11. The number of nitrogens with zero attached hydrogens (tertiary/aromatic N) is 4. The number of hydrogen-bond acceptors (Lipinski definition) is 3. The summed E-state index contributed by atoms with van der Waals surface area (Å²) >= 11 is 0. The van der Waals surface area contributed by atoms with Crippen LogP contribution in [0.15, 0.2) is 182 Å². The zero-order valence-corrected chi connectivity index (χ0v) is 26.1. The maximum atomic E-state index is 4.77. The average Bonchev–Trinajstić information content (AvgIpc) is 3.50. The van der Waals surface area contributed by atoms with Crippen molar-refractivity contribution in [2.24, 2.45) is 0 Å². The molecule has 0 spiro atoms. The van der Waals surface area contributed by atoms with Crippen molar-refractivity contribution < 1.29 is 0 Å². The number of rotatable bonds is 6. The first kappa shape index (κ1) is 27.8. The third-order valence-electron chi connectivity index (χ3n) is 9.08. The largest absolute Gasteiger partial charge is 0.310 e. The Hall–Kier alpha value is -6.52. The Morgan fingerprint density at radius 3 is 1.77 bits per heavy atom. The van der Waals surface area contributed by atoms with Crippen LogP contribution in [0.1, 0.15) is 0 Å². The molecule has 7 aromatic carbocycles. The lowest BCUT2D eigenvalue weighted by molar-refractivity contribution is 1.18. The van der Waals surface area contributed by atoms with Crippen LogP contribution in [0.5, 0.6) is 0 Å². The predicted octanol–water partition coefficient (Wildman–Crippen LogP) is 11.5. The molecule has 0 N–H and O–H groups in total. The summed E-state index contributed by atoms with van der Waals surface area (Å²) in [6.07, 6.45) is 3.52. The SMILES string of the molecule is c1ccc(-c2nccnc2-c2ccc(N(c3ccc4c(c3)c3ccccc3n4-c3ccccc3)c3cccc4ccccc34)cc2)cc1. The third kappa shape index (κ3) is 4.70. The molecule has 0 saturated heterocycles. The van der Waals surface area contributed by atoms with E-state index in [9.17, 15) is 0 Å². The van der Waals surface area contributed by atoms with Crippen molar-refractivity contribution in [3.05, 3.63) is 182 Å². The maximum Gasteiger partial charge on any atom is 0.0965 e. The van der Waals surface area contributed by atoms with Crippen LogP contribution in [0.2, 0.25) is 0 Å². The molecule has 9 rings (SSSR count). The minimum Gasteiger partial charge on any atom is -0.310 e. The van der Waals surface area contributed by atoms with E-state index in [2.05, 4.69) is 161 Å². The minimum atomic E-state index is 0.863. The Kier molecular flexibility index (Phi) is 6.76. The topological polar surface area (TPSA) is 34.0 Å². The molecule has 0 saturated carbocycles. The molecule has 0 radical (unpaired) electrons. The second-order valence-electron chi connectivity index (χ2n) is 11.9. The van der Waals surface area contributed by atoms with E-state index in [0.717, 1.165) is 45.3 Å². The number of anilines is 3. The molecule has 0 atom stereocenters. The van der Waals surface area contributed by atoms with Gasteiger partial charge in [0.05, 0.1) is 28.1 Å². The van der Waals surface area contributed by atoms with Crippen LogP contribution >= 0.6 is 0 Å². The molecule has 9 aromatic rings. The quantitative estimate of drug-likeness (QED) is 0.187. The third-order valence-corrected chi connectivity index (χ3v) is 9.08. The van der Waals surface area contributed by atoms with Crippen molar-refractivity contribution in [3.63, 3.8) is 0 Å². The monoisotopic (exact) mass is 614 g/mol. The molecule has 0 aliphatic heterocycles. The molecule has 0 fully saturated rings. The number of aromatic nitrogens is 3. The van der Waals surface area contributed by atoms with E-state index in [-0.39, 0.29) is 0 Å². The Bertz CT molecular complexity index is 2550.